The average Bonchev–Trinajstić information content (AvgIpc) is 3.69. The SMILES string of the molecule is [C-]#[N+]c1ccc(-c2ccc(-c3c(C)c(C)c(C#N)c(C)c3C(F)(F)F)cc2-n2c3ccc(C)cc3c3cc(C)ccc32)c(-n2c3ccc(C)cc3c3cc(C)ccc32)c1. The zero-order chi connectivity index (χ0) is 41.7. The van der Waals surface area contributed by atoms with Gasteiger partial charge in [0.1, 0.15) is 0 Å². The smallest absolute Gasteiger partial charge is 0.310 e. The molecule has 0 bridgehead atoms. The number of hydrogen-bond acceptors (Lipinski definition) is 1. The van der Waals surface area contributed by atoms with E-state index >= 15 is 13.2 Å². The van der Waals surface area contributed by atoms with Gasteiger partial charge in [0.15, 0.2) is 5.69 Å². The van der Waals surface area contributed by atoms with E-state index in [0.717, 1.165) is 82.7 Å². The zero-order valence-electron chi connectivity index (χ0n) is 33.8. The molecule has 0 aliphatic carbocycles. The number of hydrogen-bond donors (Lipinski definition) is 0. The summed E-state index contributed by atoms with van der Waals surface area (Å²) in [6, 6.07) is 38.7. The molecule has 7 heteroatoms. The zero-order valence-corrected chi connectivity index (χ0v) is 33.8. The van der Waals surface area contributed by atoms with Crippen LogP contribution in [0.1, 0.15) is 50.1 Å². The molecule has 2 heterocycles. The van der Waals surface area contributed by atoms with E-state index < -0.39 is 11.7 Å². The first kappa shape index (κ1) is 37.5. The van der Waals surface area contributed by atoms with Gasteiger partial charge in [-0.3, -0.25) is 0 Å². The van der Waals surface area contributed by atoms with Crippen molar-refractivity contribution < 1.29 is 13.2 Å². The van der Waals surface area contributed by atoms with Gasteiger partial charge in [-0.05, 0) is 137 Å². The third-order valence-electron chi connectivity index (χ3n) is 12.0. The van der Waals surface area contributed by atoms with Crippen molar-refractivity contribution in [2.75, 3.05) is 0 Å². The molecule has 0 saturated heterocycles. The average molecular weight is 777 g/mol. The number of alkyl halides is 3. The molecular weight excluding hydrogens is 738 g/mol. The second kappa shape index (κ2) is 13.5. The number of halogens is 3. The highest BCUT2D eigenvalue weighted by atomic mass is 19.4. The van der Waals surface area contributed by atoms with Gasteiger partial charge in [0.2, 0.25) is 0 Å². The fraction of sp³-hybridized carbons (Fsp3) is 0.154. The molecule has 7 aromatic carbocycles. The lowest BCUT2D eigenvalue weighted by atomic mass is 9.84. The quantitative estimate of drug-likeness (QED) is 0.164. The van der Waals surface area contributed by atoms with Crippen LogP contribution in [0.3, 0.4) is 0 Å². The van der Waals surface area contributed by atoms with Crippen molar-refractivity contribution >= 4 is 49.3 Å². The van der Waals surface area contributed by atoms with E-state index in [0.29, 0.717) is 28.1 Å². The van der Waals surface area contributed by atoms with E-state index in [2.05, 4.69) is 114 Å². The van der Waals surface area contributed by atoms with Gasteiger partial charge in [-0.15, -0.1) is 0 Å². The Morgan fingerprint density at radius 2 is 0.949 bits per heavy atom. The first-order valence-electron chi connectivity index (χ1n) is 19.5. The van der Waals surface area contributed by atoms with Crippen LogP contribution in [-0.4, -0.2) is 9.13 Å². The van der Waals surface area contributed by atoms with Crippen LogP contribution in [-0.2, 0) is 6.18 Å². The maximum Gasteiger partial charge on any atom is 0.417 e. The minimum Gasteiger partial charge on any atom is -0.310 e. The Hall–Kier alpha value is -7.09. The van der Waals surface area contributed by atoms with E-state index in [4.69, 9.17) is 6.57 Å². The molecule has 2 aromatic heterocycles. The lowest BCUT2D eigenvalue weighted by Crippen LogP contribution is -2.14. The highest BCUT2D eigenvalue weighted by molar-refractivity contribution is 6.12. The Bertz CT molecular complexity index is 3240. The molecular formula is C52H39F3N4. The standard InChI is InChI=1S/C52H39F3N4/c1-28-9-17-44-39(21-28)40-22-29(2)10-18-45(40)58(44)48-25-35(50-33(6)32(5)43(27-56)34(7)51(50)52(53,54)55)13-15-37(48)38-16-14-36(57-8)26-49(38)59-46-19-11-30(3)23-41(46)42-24-31(4)12-20-47(42)59/h9-26H,1-7H3. The minimum atomic E-state index is -4.72. The number of aryl methyl sites for hydroxylation is 4. The molecule has 0 amide bonds. The Balaban J connectivity index is 1.46. The molecule has 0 fully saturated rings. The fourth-order valence-electron chi connectivity index (χ4n) is 9.16. The molecule has 9 aromatic rings. The summed E-state index contributed by atoms with van der Waals surface area (Å²) in [5.74, 6) is 0. The molecule has 0 radical (unpaired) electrons. The van der Waals surface area contributed by atoms with Crippen molar-refractivity contribution in [1.29, 1.82) is 5.26 Å². The fourth-order valence-corrected chi connectivity index (χ4v) is 9.16. The molecule has 0 aliphatic heterocycles. The summed E-state index contributed by atoms with van der Waals surface area (Å²) in [6.07, 6.45) is -4.72. The van der Waals surface area contributed by atoms with Crippen molar-refractivity contribution in [2.24, 2.45) is 0 Å². The topological polar surface area (TPSA) is 38.0 Å². The molecule has 0 spiro atoms. The minimum absolute atomic E-state index is 0.0460. The Labute approximate surface area is 340 Å². The predicted octanol–water partition coefficient (Wildman–Crippen LogP) is 14.8. The first-order valence-corrected chi connectivity index (χ1v) is 19.5. The largest absolute Gasteiger partial charge is 0.417 e. The van der Waals surface area contributed by atoms with Crippen LogP contribution in [0, 0.1) is 66.4 Å². The van der Waals surface area contributed by atoms with Crippen molar-refractivity contribution in [3.63, 3.8) is 0 Å². The van der Waals surface area contributed by atoms with Gasteiger partial charge in [-0.1, -0.05) is 70.8 Å². The summed E-state index contributed by atoms with van der Waals surface area (Å²) < 4.78 is 50.2. The summed E-state index contributed by atoms with van der Waals surface area (Å²) in [5, 5.41) is 14.3. The number of fused-ring (bicyclic) bond motifs is 6. The predicted molar refractivity (Wildman–Crippen MR) is 235 cm³/mol. The maximum atomic E-state index is 15.3. The van der Waals surface area contributed by atoms with Crippen molar-refractivity contribution in [1.82, 2.24) is 9.13 Å². The third kappa shape index (κ3) is 5.80. The van der Waals surface area contributed by atoms with Gasteiger partial charge in [0.25, 0.3) is 0 Å². The molecule has 0 N–H and O–H groups in total. The van der Waals surface area contributed by atoms with Gasteiger partial charge in [-0.25, -0.2) is 4.85 Å². The van der Waals surface area contributed by atoms with E-state index in [-0.39, 0.29) is 16.7 Å². The second-order valence-electron chi connectivity index (χ2n) is 15.9. The van der Waals surface area contributed by atoms with Crippen LogP contribution in [0.25, 0.3) is 82.1 Å². The summed E-state index contributed by atoms with van der Waals surface area (Å²) in [5.41, 5.74) is 12.3. The molecule has 4 nitrogen and oxygen atoms in total. The molecule has 59 heavy (non-hydrogen) atoms. The van der Waals surface area contributed by atoms with Crippen molar-refractivity contribution in [2.45, 2.75) is 54.6 Å². The number of aromatic nitrogens is 2. The number of benzene rings is 7. The van der Waals surface area contributed by atoms with E-state index in [9.17, 15) is 5.26 Å². The maximum absolute atomic E-state index is 15.3. The van der Waals surface area contributed by atoms with Crippen LogP contribution in [0.4, 0.5) is 18.9 Å². The van der Waals surface area contributed by atoms with Crippen LogP contribution >= 0.6 is 0 Å². The lowest BCUT2D eigenvalue weighted by Gasteiger charge is -2.24. The highest BCUT2D eigenvalue weighted by Gasteiger charge is 2.38. The molecule has 0 unspecified atom stereocenters. The van der Waals surface area contributed by atoms with Gasteiger partial charge >= 0.3 is 6.18 Å². The monoisotopic (exact) mass is 776 g/mol. The first-order chi connectivity index (χ1) is 28.2. The molecule has 0 atom stereocenters. The normalized spacial score (nSPS) is 11.9. The van der Waals surface area contributed by atoms with Crippen LogP contribution in [0.15, 0.2) is 109 Å². The Morgan fingerprint density at radius 1 is 0.525 bits per heavy atom. The number of rotatable bonds is 4. The molecule has 0 saturated carbocycles. The highest BCUT2D eigenvalue weighted by Crippen LogP contribution is 2.47. The molecule has 9 rings (SSSR count). The van der Waals surface area contributed by atoms with Crippen LogP contribution in [0.2, 0.25) is 0 Å². The molecule has 288 valence electrons. The van der Waals surface area contributed by atoms with E-state index in [1.54, 1.807) is 19.9 Å². The number of nitrogens with zero attached hydrogens (tertiary/aromatic N) is 4. The third-order valence-corrected chi connectivity index (χ3v) is 12.0. The van der Waals surface area contributed by atoms with Gasteiger partial charge < -0.3 is 9.13 Å². The van der Waals surface area contributed by atoms with E-state index in [1.807, 2.05) is 36.4 Å². The lowest BCUT2D eigenvalue weighted by molar-refractivity contribution is -0.137. The van der Waals surface area contributed by atoms with Gasteiger partial charge in [-0.2, -0.15) is 18.4 Å². The van der Waals surface area contributed by atoms with E-state index in [1.165, 1.54) is 6.92 Å². The summed E-state index contributed by atoms with van der Waals surface area (Å²) in [7, 11) is 0. The summed E-state index contributed by atoms with van der Waals surface area (Å²) >= 11 is 0. The second-order valence-corrected chi connectivity index (χ2v) is 15.9. The van der Waals surface area contributed by atoms with Crippen molar-refractivity contribution in [3.8, 4) is 39.7 Å². The number of nitriles is 1. The Morgan fingerprint density at radius 3 is 1.36 bits per heavy atom. The summed E-state index contributed by atoms with van der Waals surface area (Å²) in [6.45, 7) is 21.1. The van der Waals surface area contributed by atoms with Gasteiger partial charge in [0.05, 0.1) is 51.5 Å². The Kier molecular flexibility index (Phi) is 8.58. The van der Waals surface area contributed by atoms with Gasteiger partial charge in [0, 0.05) is 38.4 Å². The van der Waals surface area contributed by atoms with Crippen LogP contribution < -0.4 is 0 Å². The molecule has 0 aliphatic rings. The van der Waals surface area contributed by atoms with Crippen LogP contribution in [0.5, 0.6) is 0 Å². The van der Waals surface area contributed by atoms with Crippen molar-refractivity contribution in [3.05, 3.63) is 171 Å². The summed E-state index contributed by atoms with van der Waals surface area (Å²) in [4.78, 5) is 3.86.